The molecule has 1 aliphatic heterocycles. The standard InChI is InChI=1S/C23H26N2O5S/c1-3-29-18-10-12-20(13-11-18)31(26,27)22-23(25-14-5-4-6-15-25)30-21(24-22)17-8-7-9-19(16-17)28-2/h7-13,16H,3-6,14-15H2,1-2H3. The zero-order chi connectivity index (χ0) is 21.8. The summed E-state index contributed by atoms with van der Waals surface area (Å²) in [5.41, 5.74) is 0.658. The first kappa shape index (κ1) is 21.2. The topological polar surface area (TPSA) is 81.9 Å². The number of hydrogen-bond acceptors (Lipinski definition) is 7. The quantitative estimate of drug-likeness (QED) is 0.530. The molecule has 31 heavy (non-hydrogen) atoms. The van der Waals surface area contributed by atoms with E-state index in [1.165, 1.54) is 0 Å². The number of methoxy groups -OCH3 is 1. The lowest BCUT2D eigenvalue weighted by atomic mass is 10.1. The average Bonchev–Trinajstić information content (AvgIpc) is 3.27. The van der Waals surface area contributed by atoms with Gasteiger partial charge in [0.2, 0.25) is 26.6 Å². The number of anilines is 1. The first-order valence-corrected chi connectivity index (χ1v) is 11.9. The molecule has 7 nitrogen and oxygen atoms in total. The molecule has 1 aromatic heterocycles. The van der Waals surface area contributed by atoms with E-state index < -0.39 is 9.84 Å². The van der Waals surface area contributed by atoms with Crippen molar-refractivity contribution in [2.45, 2.75) is 36.1 Å². The summed E-state index contributed by atoms with van der Waals surface area (Å²) in [6.07, 6.45) is 3.09. The van der Waals surface area contributed by atoms with Crippen molar-refractivity contribution in [1.29, 1.82) is 0 Å². The fourth-order valence-corrected chi connectivity index (χ4v) is 4.96. The summed E-state index contributed by atoms with van der Waals surface area (Å²) >= 11 is 0. The van der Waals surface area contributed by atoms with E-state index in [0.29, 0.717) is 29.6 Å². The number of benzene rings is 2. The van der Waals surface area contributed by atoms with Crippen molar-refractivity contribution in [2.75, 3.05) is 31.7 Å². The first-order valence-electron chi connectivity index (χ1n) is 10.4. The Morgan fingerprint density at radius 2 is 1.77 bits per heavy atom. The maximum Gasteiger partial charge on any atom is 0.236 e. The van der Waals surface area contributed by atoms with Gasteiger partial charge < -0.3 is 18.8 Å². The number of rotatable bonds is 7. The van der Waals surface area contributed by atoms with Crippen LogP contribution in [0.25, 0.3) is 11.5 Å². The Bertz CT molecular complexity index is 1130. The van der Waals surface area contributed by atoms with Crippen molar-refractivity contribution >= 4 is 15.7 Å². The van der Waals surface area contributed by atoms with Crippen molar-refractivity contribution in [1.82, 2.24) is 4.98 Å². The molecule has 4 rings (SSSR count). The predicted octanol–water partition coefficient (Wildman–Crippen LogP) is 4.57. The van der Waals surface area contributed by atoms with Gasteiger partial charge in [0, 0.05) is 18.7 Å². The minimum absolute atomic E-state index is 0.0589. The summed E-state index contributed by atoms with van der Waals surface area (Å²) in [4.78, 5) is 6.58. The van der Waals surface area contributed by atoms with Crippen LogP contribution in [0, 0.1) is 0 Å². The summed E-state index contributed by atoms with van der Waals surface area (Å²) in [6.45, 7) is 3.86. The van der Waals surface area contributed by atoms with Crippen molar-refractivity contribution in [3.8, 4) is 23.0 Å². The van der Waals surface area contributed by atoms with Crippen LogP contribution in [0.4, 0.5) is 5.88 Å². The van der Waals surface area contributed by atoms with Gasteiger partial charge >= 0.3 is 0 Å². The van der Waals surface area contributed by atoms with Crippen LogP contribution in [0.3, 0.4) is 0 Å². The van der Waals surface area contributed by atoms with Gasteiger partial charge in [0.1, 0.15) is 11.5 Å². The molecule has 1 fully saturated rings. The second-order valence-electron chi connectivity index (χ2n) is 7.32. The monoisotopic (exact) mass is 442 g/mol. The van der Waals surface area contributed by atoms with Crippen LogP contribution in [0.2, 0.25) is 0 Å². The predicted molar refractivity (Wildman–Crippen MR) is 118 cm³/mol. The number of ether oxygens (including phenoxy) is 2. The number of sulfone groups is 1. The minimum atomic E-state index is -3.89. The number of hydrogen-bond donors (Lipinski definition) is 0. The van der Waals surface area contributed by atoms with Crippen LogP contribution in [0.1, 0.15) is 26.2 Å². The highest BCUT2D eigenvalue weighted by atomic mass is 32.2. The van der Waals surface area contributed by atoms with Crippen LogP contribution >= 0.6 is 0 Å². The molecule has 0 atom stereocenters. The van der Waals surface area contributed by atoms with E-state index in [1.54, 1.807) is 37.4 Å². The molecule has 1 aliphatic rings. The normalized spacial score (nSPS) is 14.5. The molecule has 0 amide bonds. The molecule has 0 saturated carbocycles. The van der Waals surface area contributed by atoms with Gasteiger partial charge in [0.05, 0.1) is 18.6 Å². The van der Waals surface area contributed by atoms with E-state index in [2.05, 4.69) is 4.98 Å². The molecule has 164 valence electrons. The molecule has 0 unspecified atom stereocenters. The summed E-state index contributed by atoms with van der Waals surface area (Å²) < 4.78 is 43.8. The van der Waals surface area contributed by atoms with Gasteiger partial charge in [-0.3, -0.25) is 0 Å². The molecule has 3 aromatic rings. The van der Waals surface area contributed by atoms with Gasteiger partial charge in [-0.25, -0.2) is 8.42 Å². The number of piperidine rings is 1. The van der Waals surface area contributed by atoms with E-state index in [0.717, 1.165) is 32.4 Å². The Morgan fingerprint density at radius 1 is 1.03 bits per heavy atom. The third-order valence-electron chi connectivity index (χ3n) is 5.24. The Morgan fingerprint density at radius 3 is 2.45 bits per heavy atom. The molecule has 0 aliphatic carbocycles. The van der Waals surface area contributed by atoms with Crippen LogP contribution in [0.5, 0.6) is 11.5 Å². The van der Waals surface area contributed by atoms with E-state index in [9.17, 15) is 8.42 Å². The van der Waals surface area contributed by atoms with E-state index in [1.807, 2.05) is 30.0 Å². The molecule has 2 heterocycles. The van der Waals surface area contributed by atoms with E-state index in [4.69, 9.17) is 13.9 Å². The van der Waals surface area contributed by atoms with Crippen molar-refractivity contribution in [3.63, 3.8) is 0 Å². The summed E-state index contributed by atoms with van der Waals surface area (Å²) in [6, 6.07) is 13.6. The lowest BCUT2D eigenvalue weighted by molar-refractivity contribution is 0.340. The van der Waals surface area contributed by atoms with Gasteiger partial charge in [-0.1, -0.05) is 6.07 Å². The highest BCUT2D eigenvalue weighted by Crippen LogP contribution is 2.36. The summed E-state index contributed by atoms with van der Waals surface area (Å²) in [7, 11) is -2.31. The summed E-state index contributed by atoms with van der Waals surface area (Å²) in [5.74, 6) is 1.82. The average molecular weight is 443 g/mol. The van der Waals surface area contributed by atoms with Crippen molar-refractivity contribution < 1.29 is 22.3 Å². The molecule has 2 aromatic carbocycles. The van der Waals surface area contributed by atoms with E-state index >= 15 is 0 Å². The molecule has 0 bridgehead atoms. The molecule has 8 heteroatoms. The van der Waals surface area contributed by atoms with Crippen LogP contribution < -0.4 is 14.4 Å². The van der Waals surface area contributed by atoms with Crippen LogP contribution in [0.15, 0.2) is 62.9 Å². The molecular formula is C23H26N2O5S. The first-order chi connectivity index (χ1) is 15.0. The Labute approximate surface area is 182 Å². The highest BCUT2D eigenvalue weighted by Gasteiger charge is 2.32. The number of nitrogens with zero attached hydrogens (tertiary/aromatic N) is 2. The SMILES string of the molecule is CCOc1ccc(S(=O)(=O)c2nc(-c3cccc(OC)c3)oc2N2CCCCC2)cc1. The van der Waals surface area contributed by atoms with Crippen LogP contribution in [-0.2, 0) is 9.84 Å². The Hall–Kier alpha value is -3.00. The third-order valence-corrected chi connectivity index (χ3v) is 6.91. The van der Waals surface area contributed by atoms with Crippen molar-refractivity contribution in [2.24, 2.45) is 0 Å². The molecule has 0 spiro atoms. The minimum Gasteiger partial charge on any atom is -0.497 e. The van der Waals surface area contributed by atoms with Gasteiger partial charge in [0.25, 0.3) is 0 Å². The van der Waals surface area contributed by atoms with Gasteiger partial charge in [-0.05, 0) is 68.7 Å². The number of aromatic nitrogens is 1. The highest BCUT2D eigenvalue weighted by molar-refractivity contribution is 7.91. The molecule has 0 N–H and O–H groups in total. The zero-order valence-electron chi connectivity index (χ0n) is 17.7. The fourth-order valence-electron chi connectivity index (χ4n) is 3.64. The van der Waals surface area contributed by atoms with Crippen molar-refractivity contribution in [3.05, 3.63) is 48.5 Å². The zero-order valence-corrected chi connectivity index (χ0v) is 18.5. The van der Waals surface area contributed by atoms with Gasteiger partial charge in [0.15, 0.2) is 0 Å². The second-order valence-corrected chi connectivity index (χ2v) is 9.18. The maximum atomic E-state index is 13.5. The molecule has 0 radical (unpaired) electrons. The lowest BCUT2D eigenvalue weighted by Gasteiger charge is -2.26. The molecule has 1 saturated heterocycles. The van der Waals surface area contributed by atoms with Gasteiger partial charge in [-0.15, -0.1) is 0 Å². The van der Waals surface area contributed by atoms with Gasteiger partial charge in [-0.2, -0.15) is 4.98 Å². The number of oxazole rings is 1. The third kappa shape index (κ3) is 4.39. The fraction of sp³-hybridized carbons (Fsp3) is 0.348. The second kappa shape index (κ2) is 9.01. The van der Waals surface area contributed by atoms with E-state index in [-0.39, 0.29) is 15.8 Å². The smallest absolute Gasteiger partial charge is 0.236 e. The Balaban J connectivity index is 1.79. The Kier molecular flexibility index (Phi) is 6.18. The lowest BCUT2D eigenvalue weighted by Crippen LogP contribution is -2.30. The largest absolute Gasteiger partial charge is 0.497 e. The molecular weight excluding hydrogens is 416 g/mol. The summed E-state index contributed by atoms with van der Waals surface area (Å²) in [5, 5.41) is -0.0589. The van der Waals surface area contributed by atoms with Crippen LogP contribution in [-0.4, -0.2) is 40.2 Å². The maximum absolute atomic E-state index is 13.5.